The summed E-state index contributed by atoms with van der Waals surface area (Å²) in [5.74, 6) is -1.11. The number of carbonyl (C=O) groups excluding carboxylic acids is 2. The molecule has 0 aromatic rings. The van der Waals surface area contributed by atoms with Crippen molar-refractivity contribution in [3.05, 3.63) is 12.2 Å². The number of carbonyl (C=O) groups is 2. The van der Waals surface area contributed by atoms with Crippen molar-refractivity contribution in [2.75, 3.05) is 7.11 Å². The lowest BCUT2D eigenvalue weighted by atomic mass is 10.2. The highest BCUT2D eigenvalue weighted by Gasteiger charge is 2.08. The van der Waals surface area contributed by atoms with Crippen LogP contribution in [0.2, 0.25) is 0 Å². The third kappa shape index (κ3) is 3.80. The summed E-state index contributed by atoms with van der Waals surface area (Å²) >= 11 is 0. The lowest BCUT2D eigenvalue weighted by Gasteiger charge is -2.01. The van der Waals surface area contributed by atoms with Crippen molar-refractivity contribution >= 4 is 20.0 Å². The molecule has 0 atom stereocenters. The van der Waals surface area contributed by atoms with Crippen LogP contribution in [0, 0.1) is 0 Å². The Labute approximate surface area is 72.0 Å². The van der Waals surface area contributed by atoms with Gasteiger partial charge in [0.05, 0.1) is 7.11 Å². The largest absolute Gasteiger partial charge is 0.543 e. The Bertz CT molecular complexity index is 200. The van der Waals surface area contributed by atoms with Crippen LogP contribution in [0.5, 0.6) is 0 Å². The molecule has 0 saturated carbocycles. The predicted molar refractivity (Wildman–Crippen MR) is 42.2 cm³/mol. The fourth-order valence-electron chi connectivity index (χ4n) is 0.558. The first-order chi connectivity index (χ1) is 5.61. The summed E-state index contributed by atoms with van der Waals surface area (Å²) in [5, 5.41) is 0. The van der Waals surface area contributed by atoms with Crippen molar-refractivity contribution in [1.29, 1.82) is 0 Å². The molecule has 0 aliphatic carbocycles. The maximum Gasteiger partial charge on any atom is 0.378 e. The molecule has 0 amide bonds. The van der Waals surface area contributed by atoms with Gasteiger partial charge in [-0.3, -0.25) is 4.79 Å². The van der Waals surface area contributed by atoms with Gasteiger partial charge in [-0.2, -0.15) is 0 Å². The third-order valence-corrected chi connectivity index (χ3v) is 1.24. The molecule has 0 heterocycles. The highest BCUT2D eigenvalue weighted by molar-refractivity contribution is 6.05. The van der Waals surface area contributed by atoms with Gasteiger partial charge >= 0.3 is 14.0 Å². The minimum atomic E-state index is -0.583. The summed E-state index contributed by atoms with van der Waals surface area (Å²) in [5.41, 5.74) is 0.225. The maximum absolute atomic E-state index is 10.7. The Morgan fingerprint density at radius 3 is 2.42 bits per heavy atom. The van der Waals surface area contributed by atoms with E-state index in [1.54, 1.807) is 0 Å². The zero-order valence-corrected chi connectivity index (χ0v) is 6.83. The maximum atomic E-state index is 10.7. The monoisotopic (exact) mass is 168 g/mol. The highest BCUT2D eigenvalue weighted by Crippen LogP contribution is 2.04. The normalized spacial score (nSPS) is 8.75. The van der Waals surface area contributed by atoms with Crippen LogP contribution in [-0.2, 0) is 19.0 Å². The zero-order chi connectivity index (χ0) is 9.56. The number of hydrogen-bond donors (Lipinski definition) is 0. The SMILES string of the molecule is [B]OC(=O)CCC(=C)C(=O)OC. The van der Waals surface area contributed by atoms with Crippen LogP contribution in [0.25, 0.3) is 0 Å². The standard InChI is InChI=1S/C7H9BO4/c1-5(7(10)11-2)3-4-6(9)12-8/h1,3-4H2,2H3. The quantitative estimate of drug-likeness (QED) is 0.340. The second-order valence-corrected chi connectivity index (χ2v) is 2.08. The Morgan fingerprint density at radius 2 is 2.00 bits per heavy atom. The molecule has 12 heavy (non-hydrogen) atoms. The molecule has 0 N–H and O–H groups in total. The van der Waals surface area contributed by atoms with Crippen molar-refractivity contribution in [3.8, 4) is 0 Å². The van der Waals surface area contributed by atoms with E-state index in [1.165, 1.54) is 7.11 Å². The van der Waals surface area contributed by atoms with E-state index in [9.17, 15) is 9.59 Å². The zero-order valence-electron chi connectivity index (χ0n) is 6.83. The van der Waals surface area contributed by atoms with Crippen LogP contribution in [-0.4, -0.2) is 27.1 Å². The number of esters is 1. The molecule has 0 bridgehead atoms. The molecule has 0 rings (SSSR count). The lowest BCUT2D eigenvalue weighted by Crippen LogP contribution is -2.07. The molecule has 0 aliphatic heterocycles. The van der Waals surface area contributed by atoms with Gasteiger partial charge in [-0.15, -0.1) is 0 Å². The van der Waals surface area contributed by atoms with Crippen LogP contribution in [0.15, 0.2) is 12.2 Å². The summed E-state index contributed by atoms with van der Waals surface area (Å²) in [6, 6.07) is 0. The van der Waals surface area contributed by atoms with Crippen LogP contribution in [0.3, 0.4) is 0 Å². The van der Waals surface area contributed by atoms with Gasteiger partial charge in [-0.25, -0.2) is 4.79 Å². The van der Waals surface area contributed by atoms with Crippen LogP contribution in [0.1, 0.15) is 12.8 Å². The molecule has 0 aromatic carbocycles. The van der Waals surface area contributed by atoms with E-state index in [0.29, 0.717) is 0 Å². The molecule has 0 fully saturated rings. The van der Waals surface area contributed by atoms with Gasteiger partial charge in [0, 0.05) is 12.0 Å². The average molecular weight is 168 g/mol. The van der Waals surface area contributed by atoms with Crippen molar-refractivity contribution < 1.29 is 19.0 Å². The average Bonchev–Trinajstić information content (AvgIpc) is 2.11. The minimum absolute atomic E-state index is 0.0322. The number of rotatable bonds is 4. The van der Waals surface area contributed by atoms with E-state index in [1.807, 2.05) is 0 Å². The van der Waals surface area contributed by atoms with Gasteiger partial charge in [0.25, 0.3) is 5.97 Å². The minimum Gasteiger partial charge on any atom is -0.543 e. The van der Waals surface area contributed by atoms with Crippen molar-refractivity contribution in [3.63, 3.8) is 0 Å². The molecular formula is C7H9BO4. The van der Waals surface area contributed by atoms with Gasteiger partial charge in [-0.05, 0) is 6.42 Å². The van der Waals surface area contributed by atoms with E-state index in [4.69, 9.17) is 0 Å². The van der Waals surface area contributed by atoms with Gasteiger partial charge in [0.15, 0.2) is 0 Å². The fraction of sp³-hybridized carbons (Fsp3) is 0.429. The van der Waals surface area contributed by atoms with Gasteiger partial charge in [-0.1, -0.05) is 6.58 Å². The Morgan fingerprint density at radius 1 is 1.42 bits per heavy atom. The summed E-state index contributed by atoms with van der Waals surface area (Å²) in [7, 11) is 5.82. The molecule has 5 heteroatoms. The summed E-state index contributed by atoms with van der Waals surface area (Å²) < 4.78 is 8.24. The van der Waals surface area contributed by atoms with E-state index >= 15 is 0 Å². The summed E-state index contributed by atoms with van der Waals surface area (Å²) in [4.78, 5) is 21.2. The molecule has 4 nitrogen and oxygen atoms in total. The van der Waals surface area contributed by atoms with E-state index in [2.05, 4.69) is 24.0 Å². The second-order valence-electron chi connectivity index (χ2n) is 2.08. The smallest absolute Gasteiger partial charge is 0.378 e. The van der Waals surface area contributed by atoms with Gasteiger partial charge in [0.2, 0.25) is 0 Å². The number of hydrogen-bond acceptors (Lipinski definition) is 4. The highest BCUT2D eigenvalue weighted by atomic mass is 16.5. The molecular weight excluding hydrogens is 159 g/mol. The first kappa shape index (κ1) is 10.7. The lowest BCUT2D eigenvalue weighted by molar-refractivity contribution is -0.136. The van der Waals surface area contributed by atoms with Crippen LogP contribution in [0.4, 0.5) is 0 Å². The molecule has 64 valence electrons. The Balaban J connectivity index is 3.72. The Kier molecular flexibility index (Phi) is 4.84. The first-order valence-corrected chi connectivity index (χ1v) is 3.27. The third-order valence-electron chi connectivity index (χ3n) is 1.24. The van der Waals surface area contributed by atoms with Crippen molar-refractivity contribution in [2.45, 2.75) is 12.8 Å². The Hall–Kier alpha value is -1.26. The van der Waals surface area contributed by atoms with Crippen molar-refractivity contribution in [1.82, 2.24) is 0 Å². The first-order valence-electron chi connectivity index (χ1n) is 3.27. The second kappa shape index (κ2) is 5.40. The van der Waals surface area contributed by atoms with E-state index in [0.717, 1.165) is 0 Å². The summed E-state index contributed by atoms with van der Waals surface area (Å²) in [6.45, 7) is 3.41. The summed E-state index contributed by atoms with van der Waals surface area (Å²) in [6.07, 6.45) is 0.229. The topological polar surface area (TPSA) is 52.6 Å². The van der Waals surface area contributed by atoms with E-state index in [-0.39, 0.29) is 18.4 Å². The predicted octanol–water partition coefficient (Wildman–Crippen LogP) is 0.122. The fourth-order valence-corrected chi connectivity index (χ4v) is 0.558. The molecule has 0 aromatic heterocycles. The van der Waals surface area contributed by atoms with Crippen LogP contribution < -0.4 is 0 Å². The van der Waals surface area contributed by atoms with E-state index < -0.39 is 11.9 Å². The molecule has 0 spiro atoms. The molecule has 0 saturated heterocycles. The molecule has 2 radical (unpaired) electrons. The van der Waals surface area contributed by atoms with Gasteiger partial charge in [0.1, 0.15) is 0 Å². The number of methoxy groups -OCH3 is 1. The van der Waals surface area contributed by atoms with Gasteiger partial charge < -0.3 is 9.39 Å². The number of ether oxygens (including phenoxy) is 1. The molecule has 0 aliphatic rings. The molecule has 0 unspecified atom stereocenters. The van der Waals surface area contributed by atoms with Crippen LogP contribution >= 0.6 is 0 Å². The van der Waals surface area contributed by atoms with Crippen molar-refractivity contribution in [2.24, 2.45) is 0 Å².